The van der Waals surface area contributed by atoms with Crippen LogP contribution in [0.5, 0.6) is 0 Å². The summed E-state index contributed by atoms with van der Waals surface area (Å²) in [5, 5.41) is 2.85. The summed E-state index contributed by atoms with van der Waals surface area (Å²) in [5.74, 6) is 0.254. The van der Waals surface area contributed by atoms with E-state index < -0.39 is 10.0 Å². The highest BCUT2D eigenvalue weighted by Gasteiger charge is 2.19. The Morgan fingerprint density at radius 2 is 1.74 bits per heavy atom. The summed E-state index contributed by atoms with van der Waals surface area (Å²) in [6.07, 6.45) is 2.15. The molecule has 0 aliphatic carbocycles. The summed E-state index contributed by atoms with van der Waals surface area (Å²) in [4.78, 5) is 11.9. The second-order valence-corrected chi connectivity index (χ2v) is 8.11. The van der Waals surface area contributed by atoms with Crippen LogP contribution < -0.4 is 9.62 Å². The minimum Gasteiger partial charge on any atom is -0.354 e. The number of sulfonamides is 1. The van der Waals surface area contributed by atoms with Crippen LogP contribution in [0.25, 0.3) is 0 Å². The van der Waals surface area contributed by atoms with E-state index in [1.54, 1.807) is 12.1 Å². The Bertz CT molecular complexity index is 609. The number of amides is 1. The van der Waals surface area contributed by atoms with Gasteiger partial charge in [0.2, 0.25) is 15.9 Å². The first-order chi connectivity index (χ1) is 10.6. The highest BCUT2D eigenvalue weighted by molar-refractivity contribution is 7.92. The molecule has 1 aromatic rings. The molecule has 130 valence electrons. The summed E-state index contributed by atoms with van der Waals surface area (Å²) in [6, 6.07) is 7.54. The maximum atomic E-state index is 12.0. The number of carbonyl (C=O) groups excluding carboxylic acids is 1. The molecule has 1 unspecified atom stereocenters. The van der Waals surface area contributed by atoms with Crippen molar-refractivity contribution in [2.24, 2.45) is 0 Å². The molecule has 1 rings (SSSR count). The Morgan fingerprint density at radius 3 is 2.17 bits per heavy atom. The zero-order chi connectivity index (χ0) is 17.6. The fraction of sp³-hybridized carbons (Fsp3) is 0.588. The van der Waals surface area contributed by atoms with E-state index in [4.69, 9.17) is 0 Å². The number of anilines is 1. The van der Waals surface area contributed by atoms with Gasteiger partial charge < -0.3 is 5.32 Å². The van der Waals surface area contributed by atoms with Crippen LogP contribution in [-0.4, -0.2) is 33.2 Å². The Hall–Kier alpha value is -1.56. The molecule has 1 atom stereocenters. The van der Waals surface area contributed by atoms with Crippen molar-refractivity contribution in [2.45, 2.75) is 52.5 Å². The monoisotopic (exact) mass is 340 g/mol. The maximum absolute atomic E-state index is 12.0. The van der Waals surface area contributed by atoms with Crippen LogP contribution in [0.4, 0.5) is 5.69 Å². The minimum absolute atomic E-state index is 0.0968. The maximum Gasteiger partial charge on any atom is 0.232 e. The number of nitrogens with zero attached hydrogens (tertiary/aromatic N) is 1. The summed E-state index contributed by atoms with van der Waals surface area (Å²) in [6.45, 7) is 8.23. The normalized spacial score (nSPS) is 13.0. The molecule has 0 aromatic heterocycles. The highest BCUT2D eigenvalue weighted by atomic mass is 32.2. The summed E-state index contributed by atoms with van der Waals surface area (Å²) >= 11 is 0. The largest absolute Gasteiger partial charge is 0.354 e. The van der Waals surface area contributed by atoms with Crippen LogP contribution in [0.1, 0.15) is 52.0 Å². The Morgan fingerprint density at radius 1 is 1.17 bits per heavy atom. The Kier molecular flexibility index (Phi) is 7.06. The molecule has 1 N–H and O–H groups in total. The second-order valence-electron chi connectivity index (χ2n) is 6.21. The van der Waals surface area contributed by atoms with Gasteiger partial charge in [-0.15, -0.1) is 0 Å². The number of hydrogen-bond acceptors (Lipinski definition) is 3. The quantitative estimate of drug-likeness (QED) is 0.791. The van der Waals surface area contributed by atoms with Gasteiger partial charge in [0, 0.05) is 19.0 Å². The molecule has 0 aliphatic heterocycles. The van der Waals surface area contributed by atoms with Gasteiger partial charge in [-0.3, -0.25) is 9.10 Å². The van der Waals surface area contributed by atoms with E-state index in [1.165, 1.54) is 4.31 Å². The summed E-state index contributed by atoms with van der Waals surface area (Å²) < 4.78 is 25.4. The zero-order valence-corrected chi connectivity index (χ0v) is 15.5. The molecule has 0 spiro atoms. The van der Waals surface area contributed by atoms with Gasteiger partial charge in [-0.25, -0.2) is 8.42 Å². The van der Waals surface area contributed by atoms with Crippen molar-refractivity contribution in [1.82, 2.24) is 5.32 Å². The van der Waals surface area contributed by atoms with Crippen LogP contribution in [0.3, 0.4) is 0 Å². The Labute approximate surface area is 140 Å². The lowest BCUT2D eigenvalue weighted by atomic mass is 10.0. The van der Waals surface area contributed by atoms with E-state index in [9.17, 15) is 13.2 Å². The van der Waals surface area contributed by atoms with Gasteiger partial charge in [0.15, 0.2) is 0 Å². The average molecular weight is 340 g/mol. The second kappa shape index (κ2) is 8.34. The zero-order valence-electron chi connectivity index (χ0n) is 14.7. The van der Waals surface area contributed by atoms with Crippen molar-refractivity contribution in [2.75, 3.05) is 17.1 Å². The van der Waals surface area contributed by atoms with Gasteiger partial charge in [-0.1, -0.05) is 32.9 Å². The third-order valence-electron chi connectivity index (χ3n) is 3.81. The number of hydrogen-bond donors (Lipinski definition) is 1. The molecule has 0 saturated heterocycles. The fourth-order valence-corrected chi connectivity index (χ4v) is 3.09. The van der Waals surface area contributed by atoms with E-state index in [0.29, 0.717) is 11.6 Å². The number of nitrogens with one attached hydrogen (secondary N) is 1. The van der Waals surface area contributed by atoms with Crippen molar-refractivity contribution < 1.29 is 13.2 Å². The third-order valence-corrected chi connectivity index (χ3v) is 5.00. The lowest BCUT2D eigenvalue weighted by Gasteiger charge is -2.23. The van der Waals surface area contributed by atoms with Gasteiger partial charge in [0.25, 0.3) is 0 Å². The van der Waals surface area contributed by atoms with E-state index >= 15 is 0 Å². The highest BCUT2D eigenvalue weighted by Crippen LogP contribution is 2.22. The van der Waals surface area contributed by atoms with Crippen LogP contribution in [0.15, 0.2) is 24.3 Å². The fourth-order valence-electron chi connectivity index (χ4n) is 2.16. The molecule has 0 saturated carbocycles. The first-order valence-corrected chi connectivity index (χ1v) is 9.87. The molecular formula is C17H28N2O3S. The van der Waals surface area contributed by atoms with Crippen molar-refractivity contribution >= 4 is 21.6 Å². The molecule has 0 heterocycles. The van der Waals surface area contributed by atoms with Gasteiger partial charge in [0.1, 0.15) is 0 Å². The van der Waals surface area contributed by atoms with Gasteiger partial charge in [0.05, 0.1) is 11.9 Å². The van der Waals surface area contributed by atoms with E-state index in [-0.39, 0.29) is 24.9 Å². The molecule has 0 fully saturated rings. The summed E-state index contributed by atoms with van der Waals surface area (Å²) in [7, 11) is -3.43. The number of rotatable bonds is 8. The number of benzene rings is 1. The standard InChI is InChI=1S/C17H28N2O3S/c1-6-14(4)18-17(20)11-12-19(23(5,21)22)16-9-7-15(8-10-16)13(2)3/h7-10,13-14H,6,11-12H2,1-5H3,(H,18,20). The molecule has 5 nitrogen and oxygen atoms in total. The predicted molar refractivity (Wildman–Crippen MR) is 95.2 cm³/mol. The molecule has 6 heteroatoms. The molecule has 1 amide bonds. The van der Waals surface area contributed by atoms with E-state index in [0.717, 1.165) is 18.2 Å². The molecule has 23 heavy (non-hydrogen) atoms. The number of carbonyl (C=O) groups is 1. The van der Waals surface area contributed by atoms with Gasteiger partial charge in [-0.05, 0) is 37.0 Å². The molecular weight excluding hydrogens is 312 g/mol. The molecule has 0 radical (unpaired) electrons. The predicted octanol–water partition coefficient (Wildman–Crippen LogP) is 2.88. The third kappa shape index (κ3) is 6.22. The Balaban J connectivity index is 2.84. The van der Waals surface area contributed by atoms with Crippen LogP contribution in [0, 0.1) is 0 Å². The first-order valence-electron chi connectivity index (χ1n) is 8.02. The van der Waals surface area contributed by atoms with Crippen molar-refractivity contribution in [3.63, 3.8) is 0 Å². The minimum atomic E-state index is -3.43. The molecule has 1 aromatic carbocycles. The summed E-state index contributed by atoms with van der Waals surface area (Å²) in [5.41, 5.74) is 1.74. The van der Waals surface area contributed by atoms with Crippen molar-refractivity contribution in [3.05, 3.63) is 29.8 Å². The molecule has 0 aliphatic rings. The van der Waals surface area contributed by atoms with Crippen molar-refractivity contribution in [3.8, 4) is 0 Å². The lowest BCUT2D eigenvalue weighted by molar-refractivity contribution is -0.121. The van der Waals surface area contributed by atoms with Crippen LogP contribution in [0.2, 0.25) is 0 Å². The smallest absolute Gasteiger partial charge is 0.232 e. The molecule has 0 bridgehead atoms. The van der Waals surface area contributed by atoms with Gasteiger partial charge >= 0.3 is 0 Å². The van der Waals surface area contributed by atoms with Crippen LogP contribution in [-0.2, 0) is 14.8 Å². The average Bonchev–Trinajstić information content (AvgIpc) is 2.46. The SMILES string of the molecule is CCC(C)NC(=O)CCN(c1ccc(C(C)C)cc1)S(C)(=O)=O. The topological polar surface area (TPSA) is 66.5 Å². The van der Waals surface area contributed by atoms with Gasteiger partial charge in [-0.2, -0.15) is 0 Å². The van der Waals surface area contributed by atoms with Crippen molar-refractivity contribution in [1.29, 1.82) is 0 Å². The van der Waals surface area contributed by atoms with Crippen LogP contribution >= 0.6 is 0 Å². The van der Waals surface area contributed by atoms with E-state index in [2.05, 4.69) is 19.2 Å². The first kappa shape index (κ1) is 19.5. The van der Waals surface area contributed by atoms with E-state index in [1.807, 2.05) is 26.0 Å². The lowest BCUT2D eigenvalue weighted by Crippen LogP contribution is -2.37.